The molecule has 2 fully saturated rings. The number of nitrogens with one attached hydrogen (secondary N) is 1. The number of hydrogen-bond acceptors (Lipinski definition) is 7. The number of nitrogens with two attached hydrogens (primary N) is 1. The topological polar surface area (TPSA) is 115 Å². The van der Waals surface area contributed by atoms with E-state index in [-0.39, 0.29) is 44.0 Å². The molecule has 11 heteroatoms. The van der Waals surface area contributed by atoms with E-state index in [1.165, 1.54) is 16.3 Å². The highest BCUT2D eigenvalue weighted by molar-refractivity contribution is 7.22. The van der Waals surface area contributed by atoms with Crippen molar-refractivity contribution in [3.05, 3.63) is 108 Å². The van der Waals surface area contributed by atoms with Gasteiger partial charge in [-0.25, -0.2) is 9.78 Å². The van der Waals surface area contributed by atoms with Crippen LogP contribution in [0, 0.1) is 0 Å². The molecule has 2 aliphatic heterocycles. The van der Waals surface area contributed by atoms with Gasteiger partial charge in [-0.15, -0.1) is 6.58 Å². The average molecular weight is 582 g/mol. The molecule has 3 aromatic carbocycles. The van der Waals surface area contributed by atoms with Crippen LogP contribution in [0.3, 0.4) is 0 Å². The van der Waals surface area contributed by atoms with Gasteiger partial charge in [-0.1, -0.05) is 90.2 Å². The van der Waals surface area contributed by atoms with Crippen LogP contribution in [0.1, 0.15) is 22.7 Å². The van der Waals surface area contributed by atoms with E-state index >= 15 is 0 Å². The number of benzene rings is 3. The normalized spacial score (nSPS) is 18.8. The Morgan fingerprint density at radius 3 is 2.55 bits per heavy atom. The molecule has 2 saturated heterocycles. The molecule has 4 aromatic rings. The van der Waals surface area contributed by atoms with Crippen LogP contribution >= 0.6 is 11.3 Å². The lowest BCUT2D eigenvalue weighted by atomic mass is 10.00. The Balaban J connectivity index is 1.33. The first-order valence-corrected chi connectivity index (χ1v) is 14.5. The van der Waals surface area contributed by atoms with Crippen LogP contribution in [-0.2, 0) is 22.7 Å². The SMILES string of the molecule is C=CCN(C(=O)NCc1ccccc1)N1CC(=O)N2[C@@H](c3ccccc3)C(=O)N(Cc3cccc4sc(N)nc34)C[C@@H]21. The summed E-state index contributed by atoms with van der Waals surface area (Å²) in [7, 11) is 0. The summed E-state index contributed by atoms with van der Waals surface area (Å²) in [5, 5.41) is 6.69. The fourth-order valence-electron chi connectivity index (χ4n) is 5.69. The Bertz CT molecular complexity index is 1630. The molecule has 3 N–H and O–H groups in total. The lowest BCUT2D eigenvalue weighted by Gasteiger charge is -2.46. The number of amides is 4. The first kappa shape index (κ1) is 27.4. The van der Waals surface area contributed by atoms with Gasteiger partial charge in [0.25, 0.3) is 5.91 Å². The second kappa shape index (κ2) is 11.6. The first-order chi connectivity index (χ1) is 20.4. The molecule has 0 aliphatic carbocycles. The molecule has 2 atom stereocenters. The highest BCUT2D eigenvalue weighted by Gasteiger charge is 2.52. The molecule has 0 radical (unpaired) electrons. The lowest BCUT2D eigenvalue weighted by Crippen LogP contribution is -2.62. The van der Waals surface area contributed by atoms with E-state index in [4.69, 9.17) is 5.73 Å². The zero-order chi connectivity index (χ0) is 29.2. The summed E-state index contributed by atoms with van der Waals surface area (Å²) in [5.41, 5.74) is 9.30. The van der Waals surface area contributed by atoms with Crippen molar-refractivity contribution in [3.8, 4) is 0 Å². The number of para-hydroxylation sites is 1. The fraction of sp³-hybridized carbons (Fsp3) is 0.226. The minimum atomic E-state index is -0.833. The maximum absolute atomic E-state index is 14.1. The Kier molecular flexibility index (Phi) is 7.60. The van der Waals surface area contributed by atoms with Gasteiger partial charge in [0.15, 0.2) is 5.13 Å². The van der Waals surface area contributed by atoms with Crippen LogP contribution in [0.5, 0.6) is 0 Å². The van der Waals surface area contributed by atoms with Crippen LogP contribution in [0.25, 0.3) is 10.2 Å². The van der Waals surface area contributed by atoms with Crippen LogP contribution in [0.15, 0.2) is 91.5 Å². The van der Waals surface area contributed by atoms with Gasteiger partial charge in [-0.05, 0) is 22.8 Å². The predicted octanol–water partition coefficient (Wildman–Crippen LogP) is 3.75. The molecule has 6 rings (SSSR count). The molecule has 2 aliphatic rings. The van der Waals surface area contributed by atoms with Crippen molar-refractivity contribution in [2.45, 2.75) is 25.3 Å². The van der Waals surface area contributed by atoms with Crippen LogP contribution in [0.4, 0.5) is 9.93 Å². The third-order valence-corrected chi connectivity index (χ3v) is 8.44. The Morgan fingerprint density at radius 2 is 1.81 bits per heavy atom. The molecule has 3 heterocycles. The van der Waals surface area contributed by atoms with Gasteiger partial charge in [0.1, 0.15) is 12.2 Å². The third kappa shape index (κ3) is 5.19. The number of carbonyl (C=O) groups is 3. The zero-order valence-corrected chi connectivity index (χ0v) is 23.7. The molecular weight excluding hydrogens is 550 g/mol. The molecule has 10 nitrogen and oxygen atoms in total. The van der Waals surface area contributed by atoms with Crippen molar-refractivity contribution >= 4 is 44.5 Å². The third-order valence-electron chi connectivity index (χ3n) is 7.59. The molecule has 1 aromatic heterocycles. The first-order valence-electron chi connectivity index (χ1n) is 13.7. The standard InChI is InChI=1S/C31H31N7O3S/c1-2-16-36(31(41)33-17-21-10-5-3-6-11-21)37-20-26(39)38-25(37)19-35(29(40)28(38)22-12-7-4-8-13-22)18-23-14-9-15-24-27(23)34-30(32)42-24/h2-15,25,28H,1,16-20H2,(H2,32,34)(H,33,41)/t25-,28+/m1/s1. The van der Waals surface area contributed by atoms with Crippen LogP contribution in [-0.4, -0.2) is 68.4 Å². The number of rotatable bonds is 8. The van der Waals surface area contributed by atoms with Gasteiger partial charge in [0.2, 0.25) is 5.91 Å². The summed E-state index contributed by atoms with van der Waals surface area (Å²) >= 11 is 1.40. The number of thiazole rings is 1. The smallest absolute Gasteiger partial charge is 0.332 e. The minimum Gasteiger partial charge on any atom is -0.375 e. The van der Waals surface area contributed by atoms with E-state index in [0.29, 0.717) is 17.2 Å². The quantitative estimate of drug-likeness (QED) is 0.307. The summed E-state index contributed by atoms with van der Waals surface area (Å²) < 4.78 is 0.945. The second-order valence-electron chi connectivity index (χ2n) is 10.2. The number of hydrogen-bond donors (Lipinski definition) is 2. The van der Waals surface area contributed by atoms with E-state index < -0.39 is 12.2 Å². The van der Waals surface area contributed by atoms with E-state index in [1.54, 1.807) is 20.9 Å². The minimum absolute atomic E-state index is 0.0417. The summed E-state index contributed by atoms with van der Waals surface area (Å²) in [6.07, 6.45) is 1.06. The maximum atomic E-state index is 14.1. The number of carbonyl (C=O) groups excluding carboxylic acids is 3. The summed E-state index contributed by atoms with van der Waals surface area (Å²) in [6, 6.07) is 23.6. The highest BCUT2D eigenvalue weighted by atomic mass is 32.1. The van der Waals surface area contributed by atoms with Gasteiger partial charge in [-0.2, -0.15) is 5.01 Å². The molecular formula is C31H31N7O3S. The Hall–Kier alpha value is -4.74. The van der Waals surface area contributed by atoms with Crippen molar-refractivity contribution in [1.82, 2.24) is 30.1 Å². The lowest BCUT2D eigenvalue weighted by molar-refractivity contribution is -0.158. The molecule has 0 saturated carbocycles. The van der Waals surface area contributed by atoms with Gasteiger partial charge in [0, 0.05) is 13.1 Å². The molecule has 0 spiro atoms. The highest BCUT2D eigenvalue weighted by Crippen LogP contribution is 2.37. The van der Waals surface area contributed by atoms with Gasteiger partial charge >= 0.3 is 6.03 Å². The number of anilines is 1. The van der Waals surface area contributed by atoms with E-state index in [9.17, 15) is 14.4 Å². The largest absolute Gasteiger partial charge is 0.375 e. The summed E-state index contributed by atoms with van der Waals surface area (Å²) in [6.45, 7) is 4.83. The zero-order valence-electron chi connectivity index (χ0n) is 22.9. The number of nitrogens with zero attached hydrogens (tertiary/aromatic N) is 5. The molecule has 42 heavy (non-hydrogen) atoms. The Labute approximate surface area is 247 Å². The van der Waals surface area contributed by atoms with Crippen molar-refractivity contribution in [2.75, 3.05) is 25.4 Å². The monoisotopic (exact) mass is 581 g/mol. The number of nitrogen functional groups attached to an aromatic ring is 1. The van der Waals surface area contributed by atoms with Gasteiger partial charge < -0.3 is 20.9 Å². The molecule has 4 amide bonds. The number of urea groups is 1. The Morgan fingerprint density at radius 1 is 1.07 bits per heavy atom. The predicted molar refractivity (Wildman–Crippen MR) is 162 cm³/mol. The molecule has 0 unspecified atom stereocenters. The van der Waals surface area contributed by atoms with E-state index in [2.05, 4.69) is 16.9 Å². The second-order valence-corrected chi connectivity index (χ2v) is 11.3. The summed E-state index contributed by atoms with van der Waals surface area (Å²) in [4.78, 5) is 49.1. The maximum Gasteiger partial charge on any atom is 0.332 e. The number of aromatic nitrogens is 1. The summed E-state index contributed by atoms with van der Waals surface area (Å²) in [5.74, 6) is -0.405. The van der Waals surface area contributed by atoms with Crippen molar-refractivity contribution in [3.63, 3.8) is 0 Å². The number of fused-ring (bicyclic) bond motifs is 2. The molecule has 0 bridgehead atoms. The van der Waals surface area contributed by atoms with Gasteiger partial charge in [-0.3, -0.25) is 14.6 Å². The van der Waals surface area contributed by atoms with Crippen molar-refractivity contribution in [1.29, 1.82) is 0 Å². The van der Waals surface area contributed by atoms with Crippen molar-refractivity contribution in [2.24, 2.45) is 0 Å². The number of piperazine rings is 1. The van der Waals surface area contributed by atoms with Gasteiger partial charge in [0.05, 0.1) is 29.9 Å². The van der Waals surface area contributed by atoms with Crippen LogP contribution in [0.2, 0.25) is 0 Å². The van der Waals surface area contributed by atoms with E-state index in [1.807, 2.05) is 78.9 Å². The fourth-order valence-corrected chi connectivity index (χ4v) is 6.47. The van der Waals surface area contributed by atoms with Crippen molar-refractivity contribution < 1.29 is 14.4 Å². The van der Waals surface area contributed by atoms with E-state index in [0.717, 1.165) is 21.3 Å². The molecule has 214 valence electrons. The average Bonchev–Trinajstić information content (AvgIpc) is 3.55. The van der Waals surface area contributed by atoms with Crippen LogP contribution < -0.4 is 11.1 Å². The number of hydrazine groups is 1.